The first-order chi connectivity index (χ1) is 6.90. The second kappa shape index (κ2) is 6.77. The Labute approximate surface area is 91.4 Å². The Morgan fingerprint density at radius 1 is 1.53 bits per heavy atom. The highest BCUT2D eigenvalue weighted by atomic mass is 32.2. The zero-order chi connectivity index (χ0) is 11.9. The fraction of sp³-hybridized carbons (Fsp3) is 0.889. The lowest BCUT2D eigenvalue weighted by atomic mass is 10.3. The van der Waals surface area contributed by atoms with Crippen LogP contribution in [0.15, 0.2) is 0 Å². The number of nitrogens with zero attached hydrogens (tertiary/aromatic N) is 2. The van der Waals surface area contributed by atoms with Gasteiger partial charge in [0.15, 0.2) is 0 Å². The summed E-state index contributed by atoms with van der Waals surface area (Å²) in [6, 6.07) is 1.91. The number of nitriles is 1. The minimum Gasteiger partial charge on any atom is -0.393 e. The standard InChI is InChI=1S/C9H18N2O3S/c1-9(12)5-7-11(2)15(13,14)8-4-3-6-10/h9,12H,3-5,7-8H2,1-2H3. The van der Waals surface area contributed by atoms with E-state index in [1.54, 1.807) is 6.92 Å². The summed E-state index contributed by atoms with van der Waals surface area (Å²) in [4.78, 5) is 0. The van der Waals surface area contributed by atoms with Crippen LogP contribution in [0.2, 0.25) is 0 Å². The average molecular weight is 234 g/mol. The van der Waals surface area contributed by atoms with Crippen molar-refractivity contribution in [1.82, 2.24) is 4.31 Å². The molecular formula is C9H18N2O3S. The number of hydrogen-bond donors (Lipinski definition) is 1. The van der Waals surface area contributed by atoms with Crippen LogP contribution in [0.4, 0.5) is 0 Å². The van der Waals surface area contributed by atoms with E-state index in [0.717, 1.165) is 0 Å². The summed E-state index contributed by atoms with van der Waals surface area (Å²) in [5.74, 6) is -0.00311. The predicted molar refractivity (Wildman–Crippen MR) is 57.6 cm³/mol. The first-order valence-electron chi connectivity index (χ1n) is 4.89. The first kappa shape index (κ1) is 14.4. The molecule has 0 aromatic carbocycles. The summed E-state index contributed by atoms with van der Waals surface area (Å²) in [6.45, 7) is 1.93. The van der Waals surface area contributed by atoms with Crippen molar-refractivity contribution in [1.29, 1.82) is 5.26 Å². The second-order valence-electron chi connectivity index (χ2n) is 3.54. The van der Waals surface area contributed by atoms with Gasteiger partial charge in [0.25, 0.3) is 0 Å². The summed E-state index contributed by atoms with van der Waals surface area (Å²) in [6.07, 6.45) is 0.539. The topological polar surface area (TPSA) is 81.4 Å². The molecule has 0 aliphatic rings. The summed E-state index contributed by atoms with van der Waals surface area (Å²) in [5, 5.41) is 17.3. The number of hydrogen-bond acceptors (Lipinski definition) is 4. The van der Waals surface area contributed by atoms with Crippen LogP contribution in [0.1, 0.15) is 26.2 Å². The van der Waals surface area contributed by atoms with E-state index >= 15 is 0 Å². The molecule has 0 bridgehead atoms. The molecule has 0 aromatic rings. The molecule has 6 heteroatoms. The van der Waals surface area contributed by atoms with E-state index < -0.39 is 16.1 Å². The molecule has 5 nitrogen and oxygen atoms in total. The van der Waals surface area contributed by atoms with Gasteiger partial charge in [-0.05, 0) is 19.8 Å². The van der Waals surface area contributed by atoms with Crippen molar-refractivity contribution in [3.8, 4) is 6.07 Å². The molecule has 0 fully saturated rings. The Hall–Kier alpha value is -0.640. The fourth-order valence-corrected chi connectivity index (χ4v) is 2.20. The minimum absolute atomic E-state index is 0.00311. The zero-order valence-corrected chi connectivity index (χ0v) is 10.00. The largest absolute Gasteiger partial charge is 0.393 e. The van der Waals surface area contributed by atoms with Crippen molar-refractivity contribution in [3.05, 3.63) is 0 Å². The molecular weight excluding hydrogens is 216 g/mol. The molecule has 0 saturated carbocycles. The Morgan fingerprint density at radius 2 is 2.13 bits per heavy atom. The lowest BCUT2D eigenvalue weighted by molar-refractivity contribution is 0.177. The van der Waals surface area contributed by atoms with E-state index in [2.05, 4.69) is 0 Å². The molecule has 0 aliphatic carbocycles. The monoisotopic (exact) mass is 234 g/mol. The van der Waals surface area contributed by atoms with Crippen LogP contribution < -0.4 is 0 Å². The average Bonchev–Trinajstić information content (AvgIpc) is 2.14. The molecule has 0 spiro atoms. The lowest BCUT2D eigenvalue weighted by Gasteiger charge is -2.17. The van der Waals surface area contributed by atoms with Crippen LogP contribution in [-0.4, -0.2) is 43.3 Å². The normalized spacial score (nSPS) is 13.8. The predicted octanol–water partition coefficient (Wildman–Crippen LogP) is 0.323. The molecule has 0 saturated heterocycles. The van der Waals surface area contributed by atoms with Crippen molar-refractivity contribution < 1.29 is 13.5 Å². The minimum atomic E-state index is -3.26. The van der Waals surface area contributed by atoms with Crippen molar-refractivity contribution in [2.45, 2.75) is 32.3 Å². The highest BCUT2D eigenvalue weighted by Crippen LogP contribution is 2.04. The third-order valence-corrected chi connectivity index (χ3v) is 3.96. The van der Waals surface area contributed by atoms with Crippen molar-refractivity contribution >= 4 is 10.0 Å². The SMILES string of the molecule is CC(O)CCN(C)S(=O)(=O)CCCC#N. The van der Waals surface area contributed by atoms with Gasteiger partial charge in [-0.3, -0.25) is 0 Å². The van der Waals surface area contributed by atoms with Crippen LogP contribution >= 0.6 is 0 Å². The molecule has 1 atom stereocenters. The summed E-state index contributed by atoms with van der Waals surface area (Å²) in [7, 11) is -1.77. The fourth-order valence-electron chi connectivity index (χ4n) is 0.997. The van der Waals surface area contributed by atoms with Crippen LogP contribution in [-0.2, 0) is 10.0 Å². The van der Waals surface area contributed by atoms with Gasteiger partial charge in [-0.1, -0.05) is 0 Å². The summed E-state index contributed by atoms with van der Waals surface area (Å²) in [5.41, 5.74) is 0. The molecule has 88 valence electrons. The molecule has 0 amide bonds. The summed E-state index contributed by atoms with van der Waals surface area (Å²) >= 11 is 0. The van der Waals surface area contributed by atoms with Crippen molar-refractivity contribution in [3.63, 3.8) is 0 Å². The highest BCUT2D eigenvalue weighted by molar-refractivity contribution is 7.89. The van der Waals surface area contributed by atoms with Crippen LogP contribution in [0, 0.1) is 11.3 Å². The van der Waals surface area contributed by atoms with E-state index in [-0.39, 0.29) is 12.2 Å². The van der Waals surface area contributed by atoms with E-state index in [4.69, 9.17) is 10.4 Å². The molecule has 15 heavy (non-hydrogen) atoms. The van der Waals surface area contributed by atoms with E-state index in [9.17, 15) is 8.42 Å². The van der Waals surface area contributed by atoms with Gasteiger partial charge in [0.2, 0.25) is 10.0 Å². The highest BCUT2D eigenvalue weighted by Gasteiger charge is 2.17. The molecule has 0 aliphatic heterocycles. The van der Waals surface area contributed by atoms with Gasteiger partial charge < -0.3 is 5.11 Å². The van der Waals surface area contributed by atoms with Gasteiger partial charge in [-0.25, -0.2) is 12.7 Å². The molecule has 0 rings (SSSR count). The number of rotatable bonds is 7. The smallest absolute Gasteiger partial charge is 0.213 e. The second-order valence-corrected chi connectivity index (χ2v) is 5.73. The number of aliphatic hydroxyl groups is 1. The van der Waals surface area contributed by atoms with E-state index in [0.29, 0.717) is 19.4 Å². The molecule has 0 radical (unpaired) electrons. The summed E-state index contributed by atoms with van der Waals surface area (Å²) < 4.78 is 24.3. The van der Waals surface area contributed by atoms with Crippen molar-refractivity contribution in [2.24, 2.45) is 0 Å². The first-order valence-corrected chi connectivity index (χ1v) is 6.50. The van der Waals surface area contributed by atoms with Gasteiger partial charge in [0.05, 0.1) is 17.9 Å². The molecule has 1 N–H and O–H groups in total. The maximum atomic E-state index is 11.6. The van der Waals surface area contributed by atoms with E-state index in [1.165, 1.54) is 11.4 Å². The lowest BCUT2D eigenvalue weighted by Crippen LogP contribution is -2.31. The molecule has 0 aromatic heterocycles. The van der Waals surface area contributed by atoms with Crippen LogP contribution in [0.3, 0.4) is 0 Å². The van der Waals surface area contributed by atoms with Gasteiger partial charge >= 0.3 is 0 Å². The van der Waals surface area contributed by atoms with Gasteiger partial charge in [0, 0.05) is 20.0 Å². The zero-order valence-electron chi connectivity index (χ0n) is 9.18. The maximum Gasteiger partial charge on any atom is 0.213 e. The number of aliphatic hydroxyl groups excluding tert-OH is 1. The van der Waals surface area contributed by atoms with Gasteiger partial charge in [-0.2, -0.15) is 5.26 Å². The third-order valence-electron chi connectivity index (χ3n) is 2.03. The van der Waals surface area contributed by atoms with Gasteiger partial charge in [0.1, 0.15) is 0 Å². The quantitative estimate of drug-likeness (QED) is 0.643. The van der Waals surface area contributed by atoms with Crippen LogP contribution in [0.25, 0.3) is 0 Å². The number of unbranched alkanes of at least 4 members (excludes halogenated alkanes) is 1. The van der Waals surface area contributed by atoms with Gasteiger partial charge in [-0.15, -0.1) is 0 Å². The Balaban J connectivity index is 4.04. The molecule has 1 unspecified atom stereocenters. The van der Waals surface area contributed by atoms with Crippen molar-refractivity contribution in [2.75, 3.05) is 19.3 Å². The number of sulfonamides is 1. The Morgan fingerprint density at radius 3 is 2.60 bits per heavy atom. The Kier molecular flexibility index (Phi) is 6.48. The molecule has 0 heterocycles. The maximum absolute atomic E-state index is 11.6. The third kappa shape index (κ3) is 6.44. The van der Waals surface area contributed by atoms with E-state index in [1.807, 2.05) is 6.07 Å². The Bertz CT molecular complexity index is 306. The van der Waals surface area contributed by atoms with Crippen LogP contribution in [0.5, 0.6) is 0 Å².